The summed E-state index contributed by atoms with van der Waals surface area (Å²) in [6.45, 7) is 3.64. The molecule has 152 valence electrons. The number of halogens is 4. The Balaban J connectivity index is 2.09. The van der Waals surface area contributed by atoms with Crippen molar-refractivity contribution >= 4 is 17.5 Å². The number of carbonyl (C=O) groups is 1. The lowest BCUT2D eigenvalue weighted by Gasteiger charge is -2.29. The molecule has 8 heteroatoms. The quantitative estimate of drug-likeness (QED) is 0.598. The molecule has 0 atom stereocenters. The van der Waals surface area contributed by atoms with Crippen LogP contribution in [0.4, 0.5) is 13.2 Å². The maximum atomic E-state index is 13.2. The first-order valence-electron chi connectivity index (χ1n) is 8.78. The van der Waals surface area contributed by atoms with Gasteiger partial charge in [-0.3, -0.25) is 4.79 Å². The van der Waals surface area contributed by atoms with E-state index < -0.39 is 17.6 Å². The van der Waals surface area contributed by atoms with Crippen molar-refractivity contribution in [3.63, 3.8) is 0 Å². The van der Waals surface area contributed by atoms with E-state index >= 15 is 0 Å². The van der Waals surface area contributed by atoms with Crippen molar-refractivity contribution in [2.45, 2.75) is 32.5 Å². The first-order valence-corrected chi connectivity index (χ1v) is 9.16. The molecule has 0 unspecified atom stereocenters. The molecule has 3 aromatic rings. The molecule has 0 saturated heterocycles. The van der Waals surface area contributed by atoms with Gasteiger partial charge in [0.05, 0.1) is 0 Å². The Morgan fingerprint density at radius 2 is 1.72 bits per heavy atom. The number of rotatable bonds is 4. The van der Waals surface area contributed by atoms with Crippen LogP contribution in [0.1, 0.15) is 30.0 Å². The third-order valence-corrected chi connectivity index (χ3v) is 4.85. The summed E-state index contributed by atoms with van der Waals surface area (Å²) in [5.41, 5.74) is -0.202. The van der Waals surface area contributed by atoms with E-state index in [9.17, 15) is 18.0 Å². The van der Waals surface area contributed by atoms with Gasteiger partial charge in [0.1, 0.15) is 11.4 Å². The van der Waals surface area contributed by atoms with Gasteiger partial charge in [-0.25, -0.2) is 4.98 Å². The first kappa shape index (κ1) is 20.9. The maximum absolute atomic E-state index is 13.2. The molecular formula is C21H19ClF3N3O. The fourth-order valence-corrected chi connectivity index (χ4v) is 2.89. The Morgan fingerprint density at radius 3 is 2.28 bits per heavy atom. The molecule has 1 N–H and O–H groups in total. The highest BCUT2D eigenvalue weighted by Gasteiger charge is 2.48. The van der Waals surface area contributed by atoms with Crippen LogP contribution in [0.25, 0.3) is 16.8 Å². The first-order chi connectivity index (χ1) is 13.5. The predicted molar refractivity (Wildman–Crippen MR) is 106 cm³/mol. The standard InChI is InChI=1S/C21H19ClF3N3O/c1-13-26-8-9-28(13)18-11-15(14-4-6-17(22)7-5-14)10-16(12-18)19(29)27-20(2,3)21(23,24)25/h4-12H,1-3H3,(H,27,29). The number of amides is 1. The van der Waals surface area contributed by atoms with Crippen molar-refractivity contribution in [2.75, 3.05) is 0 Å². The Labute approximate surface area is 171 Å². The van der Waals surface area contributed by atoms with Crippen LogP contribution in [0.3, 0.4) is 0 Å². The van der Waals surface area contributed by atoms with Gasteiger partial charge in [0, 0.05) is 28.7 Å². The van der Waals surface area contributed by atoms with Gasteiger partial charge in [0.25, 0.3) is 5.91 Å². The summed E-state index contributed by atoms with van der Waals surface area (Å²) in [7, 11) is 0. The summed E-state index contributed by atoms with van der Waals surface area (Å²) >= 11 is 5.95. The van der Waals surface area contributed by atoms with Gasteiger partial charge in [-0.15, -0.1) is 0 Å². The van der Waals surface area contributed by atoms with Gasteiger partial charge in [-0.05, 0) is 62.2 Å². The molecule has 0 aliphatic heterocycles. The topological polar surface area (TPSA) is 46.9 Å². The molecule has 0 radical (unpaired) electrons. The number of imidazole rings is 1. The summed E-state index contributed by atoms with van der Waals surface area (Å²) in [4.78, 5) is 16.9. The predicted octanol–water partition coefficient (Wildman–Crippen LogP) is 5.57. The highest BCUT2D eigenvalue weighted by molar-refractivity contribution is 6.30. The van der Waals surface area contributed by atoms with Crippen molar-refractivity contribution in [2.24, 2.45) is 0 Å². The van der Waals surface area contributed by atoms with Crippen molar-refractivity contribution < 1.29 is 18.0 Å². The van der Waals surface area contributed by atoms with Crippen molar-refractivity contribution in [1.29, 1.82) is 0 Å². The molecular weight excluding hydrogens is 403 g/mol. The molecule has 0 fully saturated rings. The summed E-state index contributed by atoms with van der Waals surface area (Å²) in [6, 6.07) is 11.9. The monoisotopic (exact) mass is 421 g/mol. The van der Waals surface area contributed by atoms with Crippen LogP contribution in [0.5, 0.6) is 0 Å². The molecule has 4 nitrogen and oxygen atoms in total. The van der Waals surface area contributed by atoms with E-state index in [1.54, 1.807) is 54.2 Å². The Bertz CT molecular complexity index is 1040. The average molecular weight is 422 g/mol. The molecule has 0 aliphatic rings. The van der Waals surface area contributed by atoms with Gasteiger partial charge >= 0.3 is 6.18 Å². The molecule has 0 aliphatic carbocycles. The van der Waals surface area contributed by atoms with Crippen LogP contribution in [0.2, 0.25) is 5.02 Å². The second-order valence-corrected chi connectivity index (χ2v) is 7.63. The van der Waals surface area contributed by atoms with E-state index in [4.69, 9.17) is 11.6 Å². The van der Waals surface area contributed by atoms with Gasteiger partial charge in [-0.2, -0.15) is 13.2 Å². The summed E-state index contributed by atoms with van der Waals surface area (Å²) in [6.07, 6.45) is -1.26. The van der Waals surface area contributed by atoms with Crippen molar-refractivity contribution in [1.82, 2.24) is 14.9 Å². The number of benzene rings is 2. The average Bonchev–Trinajstić information content (AvgIpc) is 3.06. The Morgan fingerprint density at radius 1 is 1.07 bits per heavy atom. The zero-order valence-electron chi connectivity index (χ0n) is 16.0. The number of carbonyl (C=O) groups excluding carboxylic acids is 1. The van der Waals surface area contributed by atoms with Gasteiger partial charge < -0.3 is 9.88 Å². The van der Waals surface area contributed by atoms with Crippen LogP contribution in [-0.2, 0) is 0 Å². The summed E-state index contributed by atoms with van der Waals surface area (Å²) in [5, 5.41) is 2.63. The zero-order valence-corrected chi connectivity index (χ0v) is 16.8. The highest BCUT2D eigenvalue weighted by atomic mass is 35.5. The normalized spacial score (nSPS) is 12.1. The number of aromatic nitrogens is 2. The molecule has 29 heavy (non-hydrogen) atoms. The lowest BCUT2D eigenvalue weighted by Crippen LogP contribution is -2.54. The Hall–Kier alpha value is -2.80. The number of nitrogens with zero attached hydrogens (tertiary/aromatic N) is 2. The Kier molecular flexibility index (Phi) is 5.45. The highest BCUT2D eigenvalue weighted by Crippen LogP contribution is 2.31. The summed E-state index contributed by atoms with van der Waals surface area (Å²) < 4.78 is 41.4. The summed E-state index contributed by atoms with van der Waals surface area (Å²) in [5.74, 6) is -0.137. The minimum absolute atomic E-state index is 0.109. The number of nitrogens with one attached hydrogen (secondary N) is 1. The minimum atomic E-state index is -4.58. The fourth-order valence-electron chi connectivity index (χ4n) is 2.77. The van der Waals surface area contributed by atoms with Gasteiger partial charge in [0.15, 0.2) is 0 Å². The second kappa shape index (κ2) is 7.55. The molecule has 0 spiro atoms. The van der Waals surface area contributed by atoms with E-state index in [-0.39, 0.29) is 5.56 Å². The number of aryl methyl sites for hydroxylation is 1. The molecule has 1 aromatic heterocycles. The minimum Gasteiger partial charge on any atom is -0.338 e. The number of alkyl halides is 3. The van der Waals surface area contributed by atoms with Gasteiger partial charge in [-0.1, -0.05) is 23.7 Å². The van der Waals surface area contributed by atoms with Crippen LogP contribution in [0, 0.1) is 6.92 Å². The van der Waals surface area contributed by atoms with E-state index in [0.29, 0.717) is 22.1 Å². The zero-order chi connectivity index (χ0) is 21.4. The number of hydrogen-bond donors (Lipinski definition) is 1. The van der Waals surface area contributed by atoms with Gasteiger partial charge in [0.2, 0.25) is 0 Å². The third kappa shape index (κ3) is 4.45. The van der Waals surface area contributed by atoms with Crippen LogP contribution < -0.4 is 5.32 Å². The number of hydrogen-bond acceptors (Lipinski definition) is 2. The third-order valence-electron chi connectivity index (χ3n) is 4.60. The second-order valence-electron chi connectivity index (χ2n) is 7.20. The van der Waals surface area contributed by atoms with E-state index in [2.05, 4.69) is 10.3 Å². The van der Waals surface area contributed by atoms with Crippen LogP contribution >= 0.6 is 11.6 Å². The molecule has 1 amide bonds. The van der Waals surface area contributed by atoms with E-state index in [0.717, 1.165) is 19.4 Å². The van der Waals surface area contributed by atoms with Crippen LogP contribution in [-0.4, -0.2) is 27.2 Å². The SMILES string of the molecule is Cc1nccn1-c1cc(C(=O)NC(C)(C)C(F)(F)F)cc(-c2ccc(Cl)cc2)c1. The molecule has 3 rings (SSSR count). The molecule has 2 aromatic carbocycles. The molecule has 0 bridgehead atoms. The smallest absolute Gasteiger partial charge is 0.338 e. The fraction of sp³-hybridized carbons (Fsp3) is 0.238. The molecule has 0 saturated carbocycles. The van der Waals surface area contributed by atoms with E-state index in [1.165, 1.54) is 6.07 Å². The molecule has 1 heterocycles. The van der Waals surface area contributed by atoms with Crippen LogP contribution in [0.15, 0.2) is 54.9 Å². The van der Waals surface area contributed by atoms with E-state index in [1.807, 2.05) is 6.07 Å². The lowest BCUT2D eigenvalue weighted by atomic mass is 10.00. The van der Waals surface area contributed by atoms with Crippen molar-refractivity contribution in [3.05, 3.63) is 71.3 Å². The largest absolute Gasteiger partial charge is 0.410 e. The lowest BCUT2D eigenvalue weighted by molar-refractivity contribution is -0.182. The van der Waals surface area contributed by atoms with Crippen molar-refractivity contribution in [3.8, 4) is 16.8 Å². The maximum Gasteiger partial charge on any atom is 0.410 e.